The Morgan fingerprint density at radius 2 is 2.00 bits per heavy atom. The number of aryl methyl sites for hydroxylation is 1. The Morgan fingerprint density at radius 3 is 2.74 bits per heavy atom. The van der Waals surface area contributed by atoms with Crippen LogP contribution in [0.3, 0.4) is 0 Å². The molecule has 3 rings (SSSR count). The summed E-state index contributed by atoms with van der Waals surface area (Å²) in [6.45, 7) is 1.56. The van der Waals surface area contributed by atoms with Crippen molar-refractivity contribution < 1.29 is 14.3 Å². The van der Waals surface area contributed by atoms with Crippen LogP contribution in [0.4, 0.5) is 0 Å². The molecule has 144 valence electrons. The third kappa shape index (κ3) is 5.07. The molecular weight excluding hydrogens is 340 g/mol. The Bertz CT molecular complexity index is 745. The molecule has 1 atom stereocenters. The maximum atomic E-state index is 11.7. The molecule has 0 saturated heterocycles. The predicted octanol–water partition coefficient (Wildman–Crippen LogP) is 3.58. The zero-order chi connectivity index (χ0) is 19.1. The molecule has 0 radical (unpaired) electrons. The highest BCUT2D eigenvalue weighted by Crippen LogP contribution is 2.33. The lowest BCUT2D eigenvalue weighted by Crippen LogP contribution is -2.35. The smallest absolute Gasteiger partial charge is 0.306 e. The number of ether oxygens (including phenoxy) is 2. The molecular formula is C22H28N2O3. The average Bonchev–Trinajstić information content (AvgIpc) is 2.73. The second-order valence-corrected chi connectivity index (χ2v) is 6.92. The number of hydrogen-bond acceptors (Lipinski definition) is 5. The second kappa shape index (κ2) is 9.51. The van der Waals surface area contributed by atoms with Gasteiger partial charge < -0.3 is 9.47 Å². The van der Waals surface area contributed by atoms with Gasteiger partial charge in [0.2, 0.25) is 0 Å². The van der Waals surface area contributed by atoms with Crippen LogP contribution in [0.5, 0.6) is 5.75 Å². The van der Waals surface area contributed by atoms with E-state index in [-0.39, 0.29) is 12.0 Å². The fourth-order valence-electron chi connectivity index (χ4n) is 3.77. The van der Waals surface area contributed by atoms with E-state index in [0.29, 0.717) is 13.0 Å². The second-order valence-electron chi connectivity index (χ2n) is 6.92. The molecule has 1 aliphatic carbocycles. The summed E-state index contributed by atoms with van der Waals surface area (Å²) in [5.41, 5.74) is 3.76. The van der Waals surface area contributed by atoms with E-state index in [1.165, 1.54) is 23.9 Å². The molecule has 27 heavy (non-hydrogen) atoms. The summed E-state index contributed by atoms with van der Waals surface area (Å²) in [6.07, 6.45) is 6.51. The molecule has 1 heterocycles. The fourth-order valence-corrected chi connectivity index (χ4v) is 3.77. The minimum atomic E-state index is -0.165. The van der Waals surface area contributed by atoms with Gasteiger partial charge in [-0.05, 0) is 55.0 Å². The molecule has 1 aliphatic rings. The Kier molecular flexibility index (Phi) is 6.82. The van der Waals surface area contributed by atoms with Crippen molar-refractivity contribution in [1.82, 2.24) is 9.88 Å². The Hall–Kier alpha value is -2.40. The summed E-state index contributed by atoms with van der Waals surface area (Å²) < 4.78 is 10.1. The summed E-state index contributed by atoms with van der Waals surface area (Å²) in [5.74, 6) is 0.702. The number of carbonyl (C=O) groups is 1. The van der Waals surface area contributed by atoms with E-state index in [1.54, 1.807) is 7.11 Å². The molecule has 0 amide bonds. The number of rotatable bonds is 8. The third-order valence-electron chi connectivity index (χ3n) is 5.28. The normalized spacial score (nSPS) is 16.0. The number of hydrogen-bond donors (Lipinski definition) is 0. The predicted molar refractivity (Wildman–Crippen MR) is 105 cm³/mol. The van der Waals surface area contributed by atoms with E-state index in [1.807, 2.05) is 24.4 Å². The van der Waals surface area contributed by atoms with Crippen molar-refractivity contribution in [2.45, 2.75) is 38.1 Å². The van der Waals surface area contributed by atoms with Crippen molar-refractivity contribution in [3.63, 3.8) is 0 Å². The number of nitrogens with zero attached hydrogens (tertiary/aromatic N) is 2. The number of carbonyl (C=O) groups excluding carboxylic acids is 1. The van der Waals surface area contributed by atoms with Crippen LogP contribution in [-0.2, 0) is 22.4 Å². The molecule has 0 fully saturated rings. The first-order valence-electron chi connectivity index (χ1n) is 9.59. The van der Waals surface area contributed by atoms with Crippen LogP contribution in [0.2, 0.25) is 0 Å². The monoisotopic (exact) mass is 368 g/mol. The lowest BCUT2D eigenvalue weighted by molar-refractivity contribution is -0.141. The van der Waals surface area contributed by atoms with Gasteiger partial charge in [-0.2, -0.15) is 0 Å². The van der Waals surface area contributed by atoms with Gasteiger partial charge in [0.05, 0.1) is 32.4 Å². The van der Waals surface area contributed by atoms with Gasteiger partial charge in [0.15, 0.2) is 0 Å². The van der Waals surface area contributed by atoms with E-state index < -0.39 is 0 Å². The molecule has 5 nitrogen and oxygen atoms in total. The highest BCUT2D eigenvalue weighted by molar-refractivity contribution is 5.69. The van der Waals surface area contributed by atoms with Crippen molar-refractivity contribution in [3.8, 4) is 5.75 Å². The quantitative estimate of drug-likeness (QED) is 0.667. The van der Waals surface area contributed by atoms with Crippen molar-refractivity contribution in [2.75, 3.05) is 27.3 Å². The van der Waals surface area contributed by atoms with Crippen LogP contribution in [-0.4, -0.2) is 43.2 Å². The van der Waals surface area contributed by atoms with E-state index >= 15 is 0 Å². The maximum absolute atomic E-state index is 11.7. The number of aromatic nitrogens is 1. The van der Waals surface area contributed by atoms with Gasteiger partial charge in [0, 0.05) is 19.3 Å². The van der Waals surface area contributed by atoms with Crippen LogP contribution >= 0.6 is 0 Å². The van der Waals surface area contributed by atoms with Crippen LogP contribution in [0.1, 0.15) is 42.1 Å². The molecule has 1 aromatic carbocycles. The molecule has 1 aromatic heterocycles. The van der Waals surface area contributed by atoms with Gasteiger partial charge in [-0.25, -0.2) is 0 Å². The van der Waals surface area contributed by atoms with E-state index in [0.717, 1.165) is 38.0 Å². The molecule has 5 heteroatoms. The standard InChI is InChI=1S/C22H28N2O3/c1-26-19-10-8-17(9-11-19)12-15-24(16-13-21(25)27-2)20-7-3-5-18-6-4-14-23-22(18)20/h4,6,8-11,14,20H,3,5,7,12-13,15-16H2,1-2H3/t20-/m0/s1. The molecule has 0 unspecified atom stereocenters. The first-order chi connectivity index (χ1) is 13.2. The largest absolute Gasteiger partial charge is 0.497 e. The molecule has 0 N–H and O–H groups in total. The van der Waals surface area contributed by atoms with Crippen LogP contribution in [0.25, 0.3) is 0 Å². The minimum absolute atomic E-state index is 0.165. The first-order valence-corrected chi connectivity index (χ1v) is 9.59. The SMILES string of the molecule is COC(=O)CCN(CCc1ccc(OC)cc1)[C@H]1CCCc2cccnc21. The van der Waals surface area contributed by atoms with Crippen LogP contribution in [0, 0.1) is 0 Å². The topological polar surface area (TPSA) is 51.7 Å². The molecule has 2 aromatic rings. The van der Waals surface area contributed by atoms with Crippen molar-refractivity contribution in [2.24, 2.45) is 0 Å². The summed E-state index contributed by atoms with van der Waals surface area (Å²) in [4.78, 5) is 18.8. The molecule has 0 saturated carbocycles. The van der Waals surface area contributed by atoms with E-state index in [9.17, 15) is 4.79 Å². The van der Waals surface area contributed by atoms with Gasteiger partial charge in [0.1, 0.15) is 5.75 Å². The van der Waals surface area contributed by atoms with Crippen LogP contribution < -0.4 is 4.74 Å². The van der Waals surface area contributed by atoms with Gasteiger partial charge in [0.25, 0.3) is 0 Å². The molecule has 0 aliphatic heterocycles. The number of fused-ring (bicyclic) bond motifs is 1. The Morgan fingerprint density at radius 1 is 1.19 bits per heavy atom. The average molecular weight is 368 g/mol. The van der Waals surface area contributed by atoms with Gasteiger partial charge >= 0.3 is 5.97 Å². The van der Waals surface area contributed by atoms with Crippen LogP contribution in [0.15, 0.2) is 42.6 Å². The minimum Gasteiger partial charge on any atom is -0.497 e. The lowest BCUT2D eigenvalue weighted by atomic mass is 9.90. The summed E-state index contributed by atoms with van der Waals surface area (Å²) >= 11 is 0. The van der Waals surface area contributed by atoms with Gasteiger partial charge in [-0.1, -0.05) is 18.2 Å². The highest BCUT2D eigenvalue weighted by Gasteiger charge is 2.27. The van der Waals surface area contributed by atoms with Crippen molar-refractivity contribution >= 4 is 5.97 Å². The highest BCUT2D eigenvalue weighted by atomic mass is 16.5. The maximum Gasteiger partial charge on any atom is 0.306 e. The van der Waals surface area contributed by atoms with Gasteiger partial charge in [-0.15, -0.1) is 0 Å². The van der Waals surface area contributed by atoms with Crippen molar-refractivity contribution in [1.29, 1.82) is 0 Å². The number of esters is 1. The number of methoxy groups -OCH3 is 2. The third-order valence-corrected chi connectivity index (χ3v) is 5.28. The first kappa shape index (κ1) is 19.4. The van der Waals surface area contributed by atoms with E-state index in [4.69, 9.17) is 9.47 Å². The zero-order valence-electron chi connectivity index (χ0n) is 16.2. The summed E-state index contributed by atoms with van der Waals surface area (Å²) in [5, 5.41) is 0. The van der Waals surface area contributed by atoms with Gasteiger partial charge in [-0.3, -0.25) is 14.7 Å². The summed E-state index contributed by atoms with van der Waals surface area (Å²) in [6, 6.07) is 12.6. The Balaban J connectivity index is 1.73. The zero-order valence-corrected chi connectivity index (χ0v) is 16.2. The van der Waals surface area contributed by atoms with Crippen molar-refractivity contribution in [3.05, 3.63) is 59.4 Å². The van der Waals surface area contributed by atoms with E-state index in [2.05, 4.69) is 28.1 Å². The number of pyridine rings is 1. The fraction of sp³-hybridized carbons (Fsp3) is 0.455. The Labute approximate surface area is 161 Å². The molecule has 0 spiro atoms. The molecule has 0 bridgehead atoms. The lowest BCUT2D eigenvalue weighted by Gasteiger charge is -2.35. The summed E-state index contributed by atoms with van der Waals surface area (Å²) in [7, 11) is 3.12. The number of benzene rings is 1.